The van der Waals surface area contributed by atoms with Crippen molar-refractivity contribution in [1.82, 2.24) is 9.55 Å². The minimum Gasteiger partial charge on any atom is -0.488 e. The van der Waals surface area contributed by atoms with Crippen LogP contribution >= 0.6 is 23.2 Å². The van der Waals surface area contributed by atoms with Crippen LogP contribution in [0.5, 0.6) is 5.75 Å². The first-order valence-electron chi connectivity index (χ1n) is 8.64. The first-order chi connectivity index (χ1) is 13.5. The molecular weight excluding hydrogens is 403 g/mol. The molecule has 0 saturated heterocycles. The first kappa shape index (κ1) is 20.2. The van der Waals surface area contributed by atoms with Gasteiger partial charge in [-0.2, -0.15) is 0 Å². The van der Waals surface area contributed by atoms with E-state index < -0.39 is 5.97 Å². The van der Waals surface area contributed by atoms with Gasteiger partial charge in [0.05, 0.1) is 22.3 Å². The second-order valence-corrected chi connectivity index (χ2v) is 6.90. The van der Waals surface area contributed by atoms with E-state index in [1.54, 1.807) is 43.4 Å². The van der Waals surface area contributed by atoms with E-state index in [0.29, 0.717) is 38.9 Å². The average molecular weight is 421 g/mol. The van der Waals surface area contributed by atoms with Gasteiger partial charge in [-0.1, -0.05) is 35.3 Å². The fourth-order valence-electron chi connectivity index (χ4n) is 2.67. The lowest BCUT2D eigenvalue weighted by Crippen LogP contribution is -2.23. The third-order valence-electron chi connectivity index (χ3n) is 4.13. The van der Waals surface area contributed by atoms with Gasteiger partial charge < -0.3 is 9.47 Å². The Labute approximate surface area is 171 Å². The predicted molar refractivity (Wildman–Crippen MR) is 108 cm³/mol. The zero-order valence-corrected chi connectivity index (χ0v) is 16.7. The number of ether oxygens (including phenoxy) is 2. The summed E-state index contributed by atoms with van der Waals surface area (Å²) >= 11 is 11.8. The van der Waals surface area contributed by atoms with Gasteiger partial charge in [0.1, 0.15) is 24.8 Å². The molecule has 28 heavy (non-hydrogen) atoms. The normalized spacial score (nSPS) is 10.8. The fraction of sp³-hybridized carbons (Fsp3) is 0.250. The van der Waals surface area contributed by atoms with Crippen LogP contribution in [0.3, 0.4) is 0 Å². The summed E-state index contributed by atoms with van der Waals surface area (Å²) in [5.74, 6) is 0.607. The number of aryl methyl sites for hydroxylation is 1. The summed E-state index contributed by atoms with van der Waals surface area (Å²) < 4.78 is 12.1. The molecule has 0 aliphatic carbocycles. The summed E-state index contributed by atoms with van der Waals surface area (Å²) in [6.07, 6.45) is 0.416. The van der Waals surface area contributed by atoms with Crippen LogP contribution in [0.4, 0.5) is 0 Å². The second kappa shape index (κ2) is 9.08. The highest BCUT2D eigenvalue weighted by molar-refractivity contribution is 6.35. The van der Waals surface area contributed by atoms with E-state index in [1.807, 2.05) is 6.07 Å². The molecule has 0 amide bonds. The molecule has 8 heteroatoms. The van der Waals surface area contributed by atoms with Crippen LogP contribution in [-0.4, -0.2) is 28.7 Å². The third kappa shape index (κ3) is 4.82. The van der Waals surface area contributed by atoms with Gasteiger partial charge >= 0.3 is 5.97 Å². The Bertz CT molecular complexity index is 1070. The van der Waals surface area contributed by atoms with Crippen molar-refractivity contribution >= 4 is 40.1 Å². The van der Waals surface area contributed by atoms with E-state index in [-0.39, 0.29) is 25.2 Å². The van der Waals surface area contributed by atoms with E-state index in [1.165, 1.54) is 4.57 Å². The molecule has 3 rings (SSSR count). The van der Waals surface area contributed by atoms with Crippen molar-refractivity contribution in [3.8, 4) is 5.75 Å². The molecule has 0 aliphatic heterocycles. The number of para-hydroxylation sites is 1. The second-order valence-electron chi connectivity index (χ2n) is 6.05. The molecule has 146 valence electrons. The molecule has 0 atom stereocenters. The van der Waals surface area contributed by atoms with Crippen LogP contribution in [-0.2, 0) is 23.0 Å². The fourth-order valence-corrected chi connectivity index (χ4v) is 3.14. The van der Waals surface area contributed by atoms with Crippen LogP contribution in [0.15, 0.2) is 47.3 Å². The number of hydrogen-bond acceptors (Lipinski definition) is 5. The standard InChI is InChI=1S/C20H18Cl2N2O4/c1-24-18(23-16-5-3-2-4-14(16)20(24)26)8-9-19(25)28-11-10-27-17-7-6-13(21)12-15(17)22/h2-7,12H,8-11H2,1H3. The zero-order valence-electron chi connectivity index (χ0n) is 15.2. The first-order valence-corrected chi connectivity index (χ1v) is 9.39. The maximum atomic E-state index is 12.4. The minimum absolute atomic E-state index is 0.0852. The van der Waals surface area contributed by atoms with E-state index in [2.05, 4.69) is 4.98 Å². The number of nitrogens with zero attached hydrogens (tertiary/aromatic N) is 2. The van der Waals surface area contributed by atoms with Gasteiger partial charge in [0, 0.05) is 18.5 Å². The molecule has 2 aromatic carbocycles. The van der Waals surface area contributed by atoms with Crippen molar-refractivity contribution in [3.05, 3.63) is 68.7 Å². The molecule has 1 heterocycles. The van der Waals surface area contributed by atoms with Gasteiger partial charge in [-0.15, -0.1) is 0 Å². The lowest BCUT2D eigenvalue weighted by atomic mass is 10.2. The molecule has 0 saturated carbocycles. The summed E-state index contributed by atoms with van der Waals surface area (Å²) in [4.78, 5) is 28.8. The smallest absolute Gasteiger partial charge is 0.306 e. The molecule has 0 aliphatic rings. The number of carbonyl (C=O) groups is 1. The number of halogens is 2. The SMILES string of the molecule is Cn1c(CCC(=O)OCCOc2ccc(Cl)cc2Cl)nc2ccccc2c1=O. The van der Waals surface area contributed by atoms with Crippen LogP contribution in [0.1, 0.15) is 12.2 Å². The Kier molecular flexibility index (Phi) is 6.54. The molecular formula is C20H18Cl2N2O4. The maximum absolute atomic E-state index is 12.4. The Morgan fingerprint density at radius 1 is 1.14 bits per heavy atom. The summed E-state index contributed by atoms with van der Waals surface area (Å²) in [6, 6.07) is 12.0. The molecule has 1 aromatic heterocycles. The Morgan fingerprint density at radius 3 is 2.71 bits per heavy atom. The lowest BCUT2D eigenvalue weighted by molar-refractivity contribution is -0.144. The van der Waals surface area contributed by atoms with Gasteiger partial charge in [0.15, 0.2) is 0 Å². The predicted octanol–water partition coefficient (Wildman–Crippen LogP) is 3.80. The minimum atomic E-state index is -0.395. The molecule has 0 N–H and O–H groups in total. The van der Waals surface area contributed by atoms with Crippen LogP contribution in [0.2, 0.25) is 10.0 Å². The van der Waals surface area contributed by atoms with Crippen molar-refractivity contribution in [2.75, 3.05) is 13.2 Å². The number of carbonyl (C=O) groups excluding carboxylic acids is 1. The summed E-state index contributed by atoms with van der Waals surface area (Å²) in [5, 5.41) is 1.46. The Morgan fingerprint density at radius 2 is 1.93 bits per heavy atom. The number of rotatable bonds is 7. The number of esters is 1. The van der Waals surface area contributed by atoms with Crippen molar-refractivity contribution in [3.63, 3.8) is 0 Å². The number of hydrogen-bond donors (Lipinski definition) is 0. The Hall–Kier alpha value is -2.57. The summed E-state index contributed by atoms with van der Waals surface area (Å²) in [7, 11) is 1.64. The molecule has 3 aromatic rings. The summed E-state index contributed by atoms with van der Waals surface area (Å²) in [6.45, 7) is 0.252. The topological polar surface area (TPSA) is 70.4 Å². The van der Waals surface area contributed by atoms with E-state index in [0.717, 1.165) is 0 Å². The van der Waals surface area contributed by atoms with Crippen molar-refractivity contribution < 1.29 is 14.3 Å². The van der Waals surface area contributed by atoms with Gasteiger partial charge in [-0.05, 0) is 30.3 Å². The monoisotopic (exact) mass is 420 g/mol. The molecule has 0 fully saturated rings. The Balaban J connectivity index is 1.50. The van der Waals surface area contributed by atoms with Crippen LogP contribution in [0.25, 0.3) is 10.9 Å². The maximum Gasteiger partial charge on any atom is 0.306 e. The highest BCUT2D eigenvalue weighted by Gasteiger charge is 2.11. The van der Waals surface area contributed by atoms with Crippen molar-refractivity contribution in [1.29, 1.82) is 0 Å². The molecule has 6 nitrogen and oxygen atoms in total. The van der Waals surface area contributed by atoms with Gasteiger partial charge in [-0.25, -0.2) is 4.98 Å². The number of aromatic nitrogens is 2. The van der Waals surface area contributed by atoms with E-state index in [4.69, 9.17) is 32.7 Å². The molecule has 0 spiro atoms. The third-order valence-corrected chi connectivity index (χ3v) is 4.66. The van der Waals surface area contributed by atoms with E-state index >= 15 is 0 Å². The van der Waals surface area contributed by atoms with Gasteiger partial charge in [-0.3, -0.25) is 14.2 Å². The highest BCUT2D eigenvalue weighted by atomic mass is 35.5. The van der Waals surface area contributed by atoms with Crippen molar-refractivity contribution in [2.24, 2.45) is 7.05 Å². The lowest BCUT2D eigenvalue weighted by Gasteiger charge is -2.10. The summed E-state index contributed by atoms with van der Waals surface area (Å²) in [5.41, 5.74) is 0.476. The van der Waals surface area contributed by atoms with Gasteiger partial charge in [0.2, 0.25) is 0 Å². The molecule has 0 unspecified atom stereocenters. The van der Waals surface area contributed by atoms with Gasteiger partial charge in [0.25, 0.3) is 5.56 Å². The molecule has 0 radical (unpaired) electrons. The average Bonchev–Trinajstić information content (AvgIpc) is 2.68. The quantitative estimate of drug-likeness (QED) is 0.429. The largest absolute Gasteiger partial charge is 0.488 e. The number of fused-ring (bicyclic) bond motifs is 1. The molecule has 0 bridgehead atoms. The van der Waals surface area contributed by atoms with Crippen LogP contribution in [0, 0.1) is 0 Å². The van der Waals surface area contributed by atoms with E-state index in [9.17, 15) is 9.59 Å². The number of benzene rings is 2. The van der Waals surface area contributed by atoms with Crippen LogP contribution < -0.4 is 10.3 Å². The van der Waals surface area contributed by atoms with Crippen molar-refractivity contribution in [2.45, 2.75) is 12.8 Å². The zero-order chi connectivity index (χ0) is 20.1. The highest BCUT2D eigenvalue weighted by Crippen LogP contribution is 2.27.